The zero-order valence-corrected chi connectivity index (χ0v) is 17.7. The van der Waals surface area contributed by atoms with Crippen LogP contribution in [0.5, 0.6) is 11.5 Å². The normalized spacial score (nSPS) is 12.6. The predicted octanol–water partition coefficient (Wildman–Crippen LogP) is 4.33. The van der Waals surface area contributed by atoms with Crippen molar-refractivity contribution < 1.29 is 23.8 Å². The largest absolute Gasteiger partial charge is 0.493 e. The van der Waals surface area contributed by atoms with Crippen molar-refractivity contribution in [3.63, 3.8) is 0 Å². The summed E-state index contributed by atoms with van der Waals surface area (Å²) in [5, 5.41) is 2.88. The second-order valence-electron chi connectivity index (χ2n) is 6.88. The lowest BCUT2D eigenvalue weighted by Gasteiger charge is -2.18. The molecule has 0 saturated carbocycles. The molecule has 0 heterocycles. The molecule has 156 valence electrons. The van der Waals surface area contributed by atoms with Gasteiger partial charge < -0.3 is 19.5 Å². The van der Waals surface area contributed by atoms with Crippen LogP contribution in [0.15, 0.2) is 42.5 Å². The maximum absolute atomic E-state index is 12.5. The van der Waals surface area contributed by atoms with Gasteiger partial charge >= 0.3 is 5.97 Å². The SMILES string of the molecule is CC[C@H](C)c1ccccc1NC(=O)[C@H](C)OC(=O)Cc1ccc(OC)c(OC)c1. The first kappa shape index (κ1) is 22.3. The van der Waals surface area contributed by atoms with Crippen molar-refractivity contribution in [3.05, 3.63) is 53.6 Å². The van der Waals surface area contributed by atoms with E-state index >= 15 is 0 Å². The fourth-order valence-electron chi connectivity index (χ4n) is 2.94. The van der Waals surface area contributed by atoms with Gasteiger partial charge in [-0.1, -0.05) is 38.1 Å². The summed E-state index contributed by atoms with van der Waals surface area (Å²) in [6.45, 7) is 5.77. The van der Waals surface area contributed by atoms with Gasteiger partial charge in [-0.3, -0.25) is 9.59 Å². The standard InChI is InChI=1S/C23H29NO5/c1-6-15(2)18-9-7-8-10-19(18)24-23(26)16(3)29-22(25)14-17-11-12-20(27-4)21(13-17)28-5/h7-13,15-16H,6,14H2,1-5H3,(H,24,26)/t15-,16-/m0/s1. The molecule has 0 aromatic heterocycles. The Morgan fingerprint density at radius 3 is 2.34 bits per heavy atom. The van der Waals surface area contributed by atoms with Crippen LogP contribution in [0, 0.1) is 0 Å². The fraction of sp³-hybridized carbons (Fsp3) is 0.391. The van der Waals surface area contributed by atoms with Crippen molar-refractivity contribution in [2.75, 3.05) is 19.5 Å². The Morgan fingerprint density at radius 2 is 1.69 bits per heavy atom. The van der Waals surface area contributed by atoms with Crippen molar-refractivity contribution in [3.8, 4) is 11.5 Å². The summed E-state index contributed by atoms with van der Waals surface area (Å²) < 4.78 is 15.8. The average molecular weight is 399 g/mol. The first-order valence-corrected chi connectivity index (χ1v) is 9.69. The zero-order valence-electron chi connectivity index (χ0n) is 17.7. The van der Waals surface area contributed by atoms with E-state index in [0.29, 0.717) is 23.0 Å². The van der Waals surface area contributed by atoms with Crippen LogP contribution in [0.3, 0.4) is 0 Å². The molecule has 0 aliphatic rings. The van der Waals surface area contributed by atoms with Gasteiger partial charge in [-0.15, -0.1) is 0 Å². The van der Waals surface area contributed by atoms with E-state index in [1.165, 1.54) is 7.11 Å². The molecule has 0 aliphatic carbocycles. The molecule has 0 bridgehead atoms. The molecule has 0 fully saturated rings. The van der Waals surface area contributed by atoms with Crippen LogP contribution in [0.2, 0.25) is 0 Å². The first-order valence-electron chi connectivity index (χ1n) is 9.69. The molecule has 29 heavy (non-hydrogen) atoms. The van der Waals surface area contributed by atoms with Crippen molar-refractivity contribution in [2.24, 2.45) is 0 Å². The highest BCUT2D eigenvalue weighted by Crippen LogP contribution is 2.28. The molecular formula is C23H29NO5. The van der Waals surface area contributed by atoms with Crippen molar-refractivity contribution in [1.29, 1.82) is 0 Å². The van der Waals surface area contributed by atoms with E-state index in [4.69, 9.17) is 14.2 Å². The minimum absolute atomic E-state index is 0.0292. The van der Waals surface area contributed by atoms with Gasteiger partial charge in [0.1, 0.15) is 0 Å². The van der Waals surface area contributed by atoms with Crippen LogP contribution >= 0.6 is 0 Å². The van der Waals surface area contributed by atoms with E-state index in [9.17, 15) is 9.59 Å². The molecule has 6 nitrogen and oxygen atoms in total. The predicted molar refractivity (Wildman–Crippen MR) is 113 cm³/mol. The fourth-order valence-corrected chi connectivity index (χ4v) is 2.94. The average Bonchev–Trinajstić information content (AvgIpc) is 2.73. The molecule has 2 rings (SSSR count). The Morgan fingerprint density at radius 1 is 1.00 bits per heavy atom. The van der Waals surface area contributed by atoms with E-state index < -0.39 is 12.1 Å². The number of amides is 1. The summed E-state index contributed by atoms with van der Waals surface area (Å²) in [4.78, 5) is 24.8. The number of hydrogen-bond donors (Lipinski definition) is 1. The van der Waals surface area contributed by atoms with E-state index in [0.717, 1.165) is 17.7 Å². The Bertz CT molecular complexity index is 849. The lowest BCUT2D eigenvalue weighted by Crippen LogP contribution is -2.30. The van der Waals surface area contributed by atoms with Crippen molar-refractivity contribution in [2.45, 2.75) is 45.6 Å². The van der Waals surface area contributed by atoms with E-state index in [2.05, 4.69) is 19.2 Å². The maximum atomic E-state index is 12.5. The van der Waals surface area contributed by atoms with Gasteiger partial charge in [0.25, 0.3) is 5.91 Å². The highest BCUT2D eigenvalue weighted by Gasteiger charge is 2.20. The molecular weight excluding hydrogens is 370 g/mol. The van der Waals surface area contributed by atoms with E-state index in [1.54, 1.807) is 32.2 Å². The van der Waals surface area contributed by atoms with Crippen molar-refractivity contribution in [1.82, 2.24) is 0 Å². The molecule has 0 aliphatic heterocycles. The zero-order chi connectivity index (χ0) is 21.4. The summed E-state index contributed by atoms with van der Waals surface area (Å²) in [5.41, 5.74) is 2.52. The number of methoxy groups -OCH3 is 2. The summed E-state index contributed by atoms with van der Waals surface area (Å²) in [6.07, 6.45) is 0.0807. The number of anilines is 1. The minimum atomic E-state index is -0.910. The van der Waals surface area contributed by atoms with Gasteiger partial charge in [-0.05, 0) is 48.6 Å². The van der Waals surface area contributed by atoms with Crippen LogP contribution in [0.4, 0.5) is 5.69 Å². The Balaban J connectivity index is 1.99. The van der Waals surface area contributed by atoms with E-state index in [-0.39, 0.29) is 12.3 Å². The molecule has 0 radical (unpaired) electrons. The Kier molecular flexibility index (Phi) is 8.07. The van der Waals surface area contributed by atoms with E-state index in [1.807, 2.05) is 24.3 Å². The number of nitrogens with one attached hydrogen (secondary N) is 1. The third-order valence-corrected chi connectivity index (χ3v) is 4.84. The second kappa shape index (κ2) is 10.5. The van der Waals surface area contributed by atoms with Gasteiger partial charge in [0, 0.05) is 5.69 Å². The lowest BCUT2D eigenvalue weighted by molar-refractivity contribution is -0.152. The van der Waals surface area contributed by atoms with Gasteiger partial charge in [-0.2, -0.15) is 0 Å². The molecule has 0 unspecified atom stereocenters. The second-order valence-corrected chi connectivity index (χ2v) is 6.88. The number of carbonyl (C=O) groups is 2. The maximum Gasteiger partial charge on any atom is 0.311 e. The third kappa shape index (κ3) is 5.98. The van der Waals surface area contributed by atoms with Crippen LogP contribution < -0.4 is 14.8 Å². The summed E-state index contributed by atoms with van der Waals surface area (Å²) >= 11 is 0. The Labute approximate surface area is 172 Å². The number of esters is 1. The van der Waals surface area contributed by atoms with Crippen LogP contribution in [-0.2, 0) is 20.7 Å². The molecule has 0 spiro atoms. The molecule has 1 N–H and O–H groups in total. The van der Waals surface area contributed by atoms with Crippen LogP contribution in [-0.4, -0.2) is 32.2 Å². The molecule has 0 saturated heterocycles. The van der Waals surface area contributed by atoms with Gasteiger partial charge in [-0.25, -0.2) is 0 Å². The highest BCUT2D eigenvalue weighted by molar-refractivity contribution is 5.95. The number of carbonyl (C=O) groups excluding carboxylic acids is 2. The minimum Gasteiger partial charge on any atom is -0.493 e. The monoisotopic (exact) mass is 399 g/mol. The van der Waals surface area contributed by atoms with Crippen LogP contribution in [0.25, 0.3) is 0 Å². The molecule has 2 aromatic rings. The quantitative estimate of drug-likeness (QED) is 0.635. The first-order chi connectivity index (χ1) is 13.9. The summed E-state index contributed by atoms with van der Waals surface area (Å²) in [6, 6.07) is 12.9. The number of para-hydroxylation sites is 1. The van der Waals surface area contributed by atoms with Gasteiger partial charge in [0.2, 0.25) is 0 Å². The Hall–Kier alpha value is -3.02. The smallest absolute Gasteiger partial charge is 0.311 e. The number of rotatable bonds is 9. The highest BCUT2D eigenvalue weighted by atomic mass is 16.5. The van der Waals surface area contributed by atoms with Crippen LogP contribution in [0.1, 0.15) is 44.2 Å². The number of benzene rings is 2. The number of hydrogen-bond acceptors (Lipinski definition) is 5. The molecule has 6 heteroatoms. The third-order valence-electron chi connectivity index (χ3n) is 4.84. The van der Waals surface area contributed by atoms with Gasteiger partial charge in [0.05, 0.1) is 20.6 Å². The number of ether oxygens (including phenoxy) is 3. The summed E-state index contributed by atoms with van der Waals surface area (Å²) in [7, 11) is 3.08. The van der Waals surface area contributed by atoms with Crippen molar-refractivity contribution >= 4 is 17.6 Å². The topological polar surface area (TPSA) is 73.9 Å². The van der Waals surface area contributed by atoms with Gasteiger partial charge in [0.15, 0.2) is 17.6 Å². The lowest BCUT2D eigenvalue weighted by atomic mass is 9.97. The molecule has 2 atom stereocenters. The molecule has 1 amide bonds. The summed E-state index contributed by atoms with van der Waals surface area (Å²) in [5.74, 6) is 0.577. The molecule has 2 aromatic carbocycles.